The van der Waals surface area contributed by atoms with Crippen LogP contribution in [0.15, 0.2) is 36.2 Å². The van der Waals surface area contributed by atoms with Crippen molar-refractivity contribution in [3.8, 4) is 5.75 Å². The molecule has 2 bridgehead atoms. The molecule has 4 fully saturated rings. The van der Waals surface area contributed by atoms with Crippen molar-refractivity contribution in [2.45, 2.75) is 95.3 Å². The third kappa shape index (κ3) is 6.46. The molecule has 1 aromatic rings. The summed E-state index contributed by atoms with van der Waals surface area (Å²) in [6.45, 7) is 5.35. The van der Waals surface area contributed by atoms with Crippen molar-refractivity contribution >= 4 is 12.0 Å². The van der Waals surface area contributed by atoms with Gasteiger partial charge in [-0.1, -0.05) is 12.1 Å². The highest BCUT2D eigenvalue weighted by Gasteiger charge is 2.53. The number of halogens is 1. The van der Waals surface area contributed by atoms with Crippen LogP contribution in [0.2, 0.25) is 0 Å². The van der Waals surface area contributed by atoms with Gasteiger partial charge in [0.2, 0.25) is 5.91 Å². The molecule has 0 aromatic heterocycles. The summed E-state index contributed by atoms with van der Waals surface area (Å²) in [5.74, 6) is 0.883. The van der Waals surface area contributed by atoms with Crippen molar-refractivity contribution in [1.82, 2.24) is 10.6 Å². The molecule has 2 N–H and O–H groups in total. The number of carbonyl (C=O) groups excluding carboxylic acids is 2. The van der Waals surface area contributed by atoms with Gasteiger partial charge in [0.25, 0.3) is 0 Å². The van der Waals surface area contributed by atoms with Gasteiger partial charge in [-0.05, 0) is 95.2 Å². The third-order valence-corrected chi connectivity index (χ3v) is 8.40. The van der Waals surface area contributed by atoms with E-state index < -0.39 is 11.7 Å². The van der Waals surface area contributed by atoms with Crippen molar-refractivity contribution in [3.05, 3.63) is 41.7 Å². The normalized spacial score (nSPS) is 29.3. The van der Waals surface area contributed by atoms with Crippen LogP contribution in [-0.2, 0) is 19.7 Å². The first kappa shape index (κ1) is 27.4. The van der Waals surface area contributed by atoms with Crippen LogP contribution in [0, 0.1) is 5.41 Å². The largest absolute Gasteiger partial charge is 0.489 e. The molecule has 0 radical (unpaired) electrons. The predicted octanol–water partition coefficient (Wildman–Crippen LogP) is 5.33. The van der Waals surface area contributed by atoms with Gasteiger partial charge in [0.1, 0.15) is 18.0 Å². The maximum absolute atomic E-state index is 13.3. The van der Waals surface area contributed by atoms with E-state index in [1.165, 1.54) is 5.56 Å². The molecule has 37 heavy (non-hydrogen) atoms. The minimum Gasteiger partial charge on any atom is -0.489 e. The number of benzene rings is 1. The molecule has 4 aliphatic rings. The summed E-state index contributed by atoms with van der Waals surface area (Å²) in [6.07, 6.45) is 7.78. The minimum absolute atomic E-state index is 0.00957. The van der Waals surface area contributed by atoms with E-state index in [4.69, 9.17) is 14.2 Å². The summed E-state index contributed by atoms with van der Waals surface area (Å²) >= 11 is 0. The average Bonchev–Trinajstić information content (AvgIpc) is 2.86. The number of hydrogen-bond donors (Lipinski definition) is 2. The van der Waals surface area contributed by atoms with Crippen LogP contribution >= 0.6 is 0 Å². The fourth-order valence-corrected chi connectivity index (χ4v) is 5.88. The second-order valence-corrected chi connectivity index (χ2v) is 12.0. The summed E-state index contributed by atoms with van der Waals surface area (Å²) in [6, 6.07) is 8.31. The standard InChI is InChI=1S/C29H41FN2O5/c1-27(2,3)37-26(34)31-18-20(17-30)19-36-23-7-5-21(6-8-23)28-9-12-29(13-10-28,14-11-28)25(33)32-22-15-24(16-22)35-4/h5-8,17,22,24H,9-16,18-19H2,1-4H3,(H,31,34)(H,32,33)/b20-17+. The lowest BCUT2D eigenvalue weighted by Crippen LogP contribution is -2.56. The zero-order valence-corrected chi connectivity index (χ0v) is 22.5. The number of rotatable bonds is 9. The van der Waals surface area contributed by atoms with Crippen molar-refractivity contribution in [3.63, 3.8) is 0 Å². The van der Waals surface area contributed by atoms with E-state index >= 15 is 0 Å². The molecule has 0 saturated heterocycles. The quantitative estimate of drug-likeness (QED) is 0.463. The molecule has 7 nitrogen and oxygen atoms in total. The van der Waals surface area contributed by atoms with E-state index in [2.05, 4.69) is 22.8 Å². The summed E-state index contributed by atoms with van der Waals surface area (Å²) < 4.78 is 29.6. The highest BCUT2D eigenvalue weighted by molar-refractivity contribution is 5.83. The van der Waals surface area contributed by atoms with Gasteiger partial charge < -0.3 is 24.8 Å². The van der Waals surface area contributed by atoms with E-state index in [0.717, 1.165) is 51.4 Å². The molecule has 0 aliphatic heterocycles. The molecule has 0 unspecified atom stereocenters. The molecule has 4 saturated carbocycles. The van der Waals surface area contributed by atoms with Gasteiger partial charge in [-0.3, -0.25) is 4.79 Å². The summed E-state index contributed by atoms with van der Waals surface area (Å²) in [5.41, 5.74) is 0.868. The van der Waals surface area contributed by atoms with E-state index in [9.17, 15) is 14.0 Å². The first-order valence-electron chi connectivity index (χ1n) is 13.4. The fourth-order valence-electron chi connectivity index (χ4n) is 5.88. The Kier molecular flexibility index (Phi) is 8.17. The Labute approximate surface area is 219 Å². The molecule has 4 aliphatic carbocycles. The van der Waals surface area contributed by atoms with Crippen LogP contribution in [0.1, 0.15) is 77.7 Å². The van der Waals surface area contributed by atoms with Gasteiger partial charge in [-0.15, -0.1) is 0 Å². The Morgan fingerprint density at radius 3 is 2.22 bits per heavy atom. The van der Waals surface area contributed by atoms with Crippen LogP contribution in [0.4, 0.5) is 9.18 Å². The van der Waals surface area contributed by atoms with Crippen molar-refractivity contribution in [2.24, 2.45) is 5.41 Å². The molecule has 204 valence electrons. The lowest BCUT2D eigenvalue weighted by Gasteiger charge is -2.53. The molecule has 0 heterocycles. The lowest BCUT2D eigenvalue weighted by atomic mass is 9.51. The Hall–Kier alpha value is -2.61. The lowest BCUT2D eigenvalue weighted by molar-refractivity contribution is -0.140. The first-order chi connectivity index (χ1) is 17.6. The molecule has 0 atom stereocenters. The highest BCUT2D eigenvalue weighted by atomic mass is 19.1. The molecule has 8 heteroatoms. The molecule has 5 rings (SSSR count). The maximum Gasteiger partial charge on any atom is 0.407 e. The molecule has 2 amide bonds. The fraction of sp³-hybridized carbons (Fsp3) is 0.655. The van der Waals surface area contributed by atoms with Gasteiger partial charge in [-0.2, -0.15) is 0 Å². The SMILES string of the molecule is COC1CC(NC(=O)C23CCC(c4ccc(OC/C(=C/F)CNC(=O)OC(C)(C)C)cc4)(CC2)CC3)C1. The van der Waals surface area contributed by atoms with Crippen molar-refractivity contribution in [1.29, 1.82) is 0 Å². The van der Waals surface area contributed by atoms with Crippen LogP contribution in [0.25, 0.3) is 0 Å². The number of carbonyl (C=O) groups is 2. The van der Waals surface area contributed by atoms with E-state index in [0.29, 0.717) is 17.7 Å². The second kappa shape index (κ2) is 11.0. The Morgan fingerprint density at radius 2 is 1.68 bits per heavy atom. The number of alkyl carbamates (subject to hydrolysis) is 1. The number of methoxy groups -OCH3 is 1. The van der Waals surface area contributed by atoms with Gasteiger partial charge >= 0.3 is 6.09 Å². The predicted molar refractivity (Wildman–Crippen MR) is 139 cm³/mol. The zero-order valence-electron chi connectivity index (χ0n) is 22.5. The molecule has 0 spiro atoms. The third-order valence-electron chi connectivity index (χ3n) is 8.40. The van der Waals surface area contributed by atoms with Gasteiger partial charge in [-0.25, -0.2) is 9.18 Å². The molecule has 1 aromatic carbocycles. The smallest absolute Gasteiger partial charge is 0.407 e. The highest BCUT2D eigenvalue weighted by Crippen LogP contribution is 2.58. The van der Waals surface area contributed by atoms with Gasteiger partial charge in [0, 0.05) is 30.7 Å². The zero-order chi connectivity index (χ0) is 26.7. The van der Waals surface area contributed by atoms with E-state index in [-0.39, 0.29) is 42.0 Å². The topological polar surface area (TPSA) is 85.9 Å². The van der Waals surface area contributed by atoms with Gasteiger partial charge in [0.15, 0.2) is 0 Å². The number of fused-ring (bicyclic) bond motifs is 3. The Morgan fingerprint density at radius 1 is 1.05 bits per heavy atom. The monoisotopic (exact) mass is 516 g/mol. The molecular weight excluding hydrogens is 475 g/mol. The number of amides is 2. The van der Waals surface area contributed by atoms with Crippen LogP contribution in [0.3, 0.4) is 0 Å². The minimum atomic E-state index is -0.615. The van der Waals surface area contributed by atoms with Crippen LogP contribution < -0.4 is 15.4 Å². The van der Waals surface area contributed by atoms with Crippen molar-refractivity contribution in [2.75, 3.05) is 20.3 Å². The summed E-state index contributed by atoms with van der Waals surface area (Å²) in [4.78, 5) is 24.9. The number of hydrogen-bond acceptors (Lipinski definition) is 5. The van der Waals surface area contributed by atoms with E-state index in [1.807, 2.05) is 12.1 Å². The molecular formula is C29H41FN2O5. The Bertz CT molecular complexity index is 970. The Balaban J connectivity index is 1.25. The van der Waals surface area contributed by atoms with Gasteiger partial charge in [0.05, 0.1) is 12.4 Å². The first-order valence-corrected chi connectivity index (χ1v) is 13.4. The van der Waals surface area contributed by atoms with Crippen LogP contribution in [-0.4, -0.2) is 50.0 Å². The summed E-state index contributed by atoms with van der Waals surface area (Å²) in [5, 5.41) is 5.83. The van der Waals surface area contributed by atoms with Crippen molar-refractivity contribution < 1.29 is 28.2 Å². The maximum atomic E-state index is 13.3. The number of nitrogens with one attached hydrogen (secondary N) is 2. The van der Waals surface area contributed by atoms with E-state index in [1.54, 1.807) is 27.9 Å². The second-order valence-electron chi connectivity index (χ2n) is 12.0. The summed E-state index contributed by atoms with van der Waals surface area (Å²) in [7, 11) is 1.73. The van der Waals surface area contributed by atoms with Crippen LogP contribution in [0.5, 0.6) is 5.75 Å². The number of ether oxygens (including phenoxy) is 3. The average molecular weight is 517 g/mol.